The minimum atomic E-state index is 0.265. The smallest absolute Gasteiger partial charge is 0.123 e. The quantitative estimate of drug-likeness (QED) is 0.705. The Balaban J connectivity index is 2.07. The largest absolute Gasteiger partial charge is 0.507 e. The lowest BCUT2D eigenvalue weighted by Crippen LogP contribution is -1.82. The summed E-state index contributed by atoms with van der Waals surface area (Å²) in [4.78, 5) is 1.89. The molecule has 0 heterocycles. The minimum absolute atomic E-state index is 0.265. The molecule has 0 fully saturated rings. The van der Waals surface area contributed by atoms with Crippen LogP contribution in [0.2, 0.25) is 5.02 Å². The van der Waals surface area contributed by atoms with Crippen LogP contribution in [-0.4, -0.2) is 5.11 Å². The highest BCUT2D eigenvalue weighted by molar-refractivity contribution is 7.99. The fourth-order valence-corrected chi connectivity index (χ4v) is 3.37. The first-order valence-electron chi connectivity index (χ1n) is 6.27. The third kappa shape index (κ3) is 2.69. The minimum Gasteiger partial charge on any atom is -0.507 e. The van der Waals surface area contributed by atoms with Gasteiger partial charge in [-0.25, -0.2) is 0 Å². The van der Waals surface area contributed by atoms with Crippen molar-refractivity contribution in [2.75, 3.05) is 0 Å². The molecule has 0 aliphatic carbocycles. The fourth-order valence-electron chi connectivity index (χ4n) is 2.12. The van der Waals surface area contributed by atoms with Gasteiger partial charge in [0.15, 0.2) is 0 Å². The zero-order chi connectivity index (χ0) is 14.8. The number of benzene rings is 3. The summed E-state index contributed by atoms with van der Waals surface area (Å²) in [7, 11) is 0. The number of fused-ring (bicyclic) bond motifs is 1. The molecule has 0 bridgehead atoms. The second kappa shape index (κ2) is 5.69. The molecule has 0 aromatic heterocycles. The first kappa shape index (κ1) is 13.8. The van der Waals surface area contributed by atoms with E-state index in [1.54, 1.807) is 18.2 Å². The summed E-state index contributed by atoms with van der Waals surface area (Å²) in [5.41, 5.74) is 0.542. The Bertz CT molecular complexity index is 870. The van der Waals surface area contributed by atoms with Crippen molar-refractivity contribution in [3.05, 3.63) is 65.2 Å². The topological polar surface area (TPSA) is 44.0 Å². The monoisotopic (exact) mass is 311 g/mol. The van der Waals surface area contributed by atoms with Gasteiger partial charge in [0.2, 0.25) is 0 Å². The Morgan fingerprint density at radius 2 is 1.67 bits per heavy atom. The Labute approximate surface area is 131 Å². The van der Waals surface area contributed by atoms with Crippen LogP contribution in [-0.2, 0) is 0 Å². The zero-order valence-corrected chi connectivity index (χ0v) is 12.4. The molecule has 3 aromatic rings. The molecular weight excluding hydrogens is 302 g/mol. The number of nitrogens with zero attached hydrogens (tertiary/aromatic N) is 1. The van der Waals surface area contributed by atoms with E-state index < -0.39 is 0 Å². The third-order valence-electron chi connectivity index (χ3n) is 3.14. The Hall–Kier alpha value is -2.15. The van der Waals surface area contributed by atoms with E-state index >= 15 is 0 Å². The van der Waals surface area contributed by atoms with Crippen LogP contribution in [0.25, 0.3) is 10.8 Å². The van der Waals surface area contributed by atoms with E-state index in [-0.39, 0.29) is 5.75 Å². The number of nitriles is 1. The van der Waals surface area contributed by atoms with Gasteiger partial charge in [-0.15, -0.1) is 0 Å². The van der Waals surface area contributed by atoms with Crippen LogP contribution in [0.15, 0.2) is 64.4 Å². The molecule has 21 heavy (non-hydrogen) atoms. The number of hydrogen-bond donors (Lipinski definition) is 1. The van der Waals surface area contributed by atoms with Gasteiger partial charge >= 0.3 is 0 Å². The number of phenols is 1. The van der Waals surface area contributed by atoms with Gasteiger partial charge in [-0.05, 0) is 35.7 Å². The average molecular weight is 312 g/mol. The van der Waals surface area contributed by atoms with E-state index in [0.717, 1.165) is 20.6 Å². The van der Waals surface area contributed by atoms with Crippen LogP contribution < -0.4 is 0 Å². The van der Waals surface area contributed by atoms with E-state index in [0.29, 0.717) is 10.6 Å². The third-order valence-corrected chi connectivity index (χ3v) is 4.72. The van der Waals surface area contributed by atoms with E-state index in [4.69, 9.17) is 16.9 Å². The van der Waals surface area contributed by atoms with E-state index in [1.807, 2.05) is 36.4 Å². The number of halogens is 1. The molecule has 0 amide bonds. The molecule has 3 aromatic carbocycles. The molecule has 3 rings (SSSR count). The first-order chi connectivity index (χ1) is 10.2. The highest BCUT2D eigenvalue weighted by atomic mass is 35.5. The molecule has 1 N–H and O–H groups in total. The molecule has 0 aliphatic rings. The van der Waals surface area contributed by atoms with Gasteiger partial charge in [-0.3, -0.25) is 0 Å². The Morgan fingerprint density at radius 1 is 0.952 bits per heavy atom. The van der Waals surface area contributed by atoms with Gasteiger partial charge in [0.1, 0.15) is 5.75 Å². The summed E-state index contributed by atoms with van der Waals surface area (Å²) < 4.78 is 0. The molecule has 4 heteroatoms. The van der Waals surface area contributed by atoms with Crippen LogP contribution in [0, 0.1) is 11.3 Å². The van der Waals surface area contributed by atoms with E-state index in [9.17, 15) is 5.11 Å². The molecule has 0 aliphatic heterocycles. The highest BCUT2D eigenvalue weighted by Gasteiger charge is 2.09. The van der Waals surface area contributed by atoms with Crippen LogP contribution >= 0.6 is 23.4 Å². The molecule has 2 nitrogen and oxygen atoms in total. The van der Waals surface area contributed by atoms with E-state index in [2.05, 4.69) is 6.07 Å². The Kier molecular flexibility index (Phi) is 3.74. The standard InChI is InChI=1S/C17H10ClNOS/c18-14-9-11(10-19)5-7-17(14)21-16-8-6-15(20)12-3-1-2-4-13(12)16/h1-9,20H. The van der Waals surface area contributed by atoms with Crippen LogP contribution in [0.3, 0.4) is 0 Å². The van der Waals surface area contributed by atoms with Crippen LogP contribution in [0.1, 0.15) is 5.56 Å². The summed E-state index contributed by atoms with van der Waals surface area (Å²) in [5, 5.41) is 21.1. The van der Waals surface area contributed by atoms with Gasteiger partial charge in [0, 0.05) is 15.2 Å². The second-order valence-electron chi connectivity index (χ2n) is 4.49. The summed E-state index contributed by atoms with van der Waals surface area (Å²) in [6, 6.07) is 18.6. The van der Waals surface area contributed by atoms with Crippen LogP contribution in [0.4, 0.5) is 0 Å². The van der Waals surface area contributed by atoms with Gasteiger partial charge in [0.05, 0.1) is 16.7 Å². The van der Waals surface area contributed by atoms with Crippen molar-refractivity contribution in [1.82, 2.24) is 0 Å². The highest BCUT2D eigenvalue weighted by Crippen LogP contribution is 2.39. The van der Waals surface area contributed by atoms with Crippen molar-refractivity contribution >= 4 is 34.1 Å². The van der Waals surface area contributed by atoms with E-state index in [1.165, 1.54) is 11.8 Å². The molecular formula is C17H10ClNOS. The summed E-state index contributed by atoms with van der Waals surface area (Å²) in [5.74, 6) is 0.265. The summed E-state index contributed by atoms with van der Waals surface area (Å²) >= 11 is 7.74. The lowest BCUT2D eigenvalue weighted by Gasteiger charge is -2.09. The van der Waals surface area contributed by atoms with Gasteiger partial charge in [0.25, 0.3) is 0 Å². The summed E-state index contributed by atoms with van der Waals surface area (Å²) in [6.45, 7) is 0. The van der Waals surface area contributed by atoms with Gasteiger partial charge in [-0.1, -0.05) is 47.6 Å². The molecule has 0 atom stereocenters. The maximum Gasteiger partial charge on any atom is 0.123 e. The van der Waals surface area contributed by atoms with Crippen molar-refractivity contribution < 1.29 is 5.11 Å². The molecule has 0 unspecified atom stereocenters. The van der Waals surface area contributed by atoms with Gasteiger partial charge in [-0.2, -0.15) is 5.26 Å². The summed E-state index contributed by atoms with van der Waals surface area (Å²) in [6.07, 6.45) is 0. The molecule has 0 spiro atoms. The second-order valence-corrected chi connectivity index (χ2v) is 5.98. The van der Waals surface area contributed by atoms with Crippen molar-refractivity contribution in [3.63, 3.8) is 0 Å². The fraction of sp³-hybridized carbons (Fsp3) is 0. The van der Waals surface area contributed by atoms with Gasteiger partial charge < -0.3 is 5.11 Å². The maximum atomic E-state index is 9.91. The lowest BCUT2D eigenvalue weighted by molar-refractivity contribution is 0.481. The maximum absolute atomic E-state index is 9.91. The number of rotatable bonds is 2. The van der Waals surface area contributed by atoms with Crippen molar-refractivity contribution in [3.8, 4) is 11.8 Å². The molecule has 0 radical (unpaired) electrons. The lowest BCUT2D eigenvalue weighted by atomic mass is 10.1. The molecule has 102 valence electrons. The van der Waals surface area contributed by atoms with Crippen molar-refractivity contribution in [2.45, 2.75) is 9.79 Å². The van der Waals surface area contributed by atoms with Crippen molar-refractivity contribution in [2.24, 2.45) is 0 Å². The molecule has 0 saturated heterocycles. The number of aromatic hydroxyl groups is 1. The number of phenolic OH excluding ortho intramolecular Hbond substituents is 1. The molecule has 0 saturated carbocycles. The zero-order valence-electron chi connectivity index (χ0n) is 10.9. The van der Waals surface area contributed by atoms with Crippen LogP contribution in [0.5, 0.6) is 5.75 Å². The normalized spacial score (nSPS) is 10.5. The Morgan fingerprint density at radius 3 is 2.38 bits per heavy atom. The average Bonchev–Trinajstić information content (AvgIpc) is 2.52. The number of hydrogen-bond acceptors (Lipinski definition) is 3. The first-order valence-corrected chi connectivity index (χ1v) is 7.46. The van der Waals surface area contributed by atoms with Crippen molar-refractivity contribution in [1.29, 1.82) is 5.26 Å². The SMILES string of the molecule is N#Cc1ccc(Sc2ccc(O)c3ccccc23)c(Cl)c1. The predicted octanol–water partition coefficient (Wildman–Crippen LogP) is 5.22. The predicted molar refractivity (Wildman–Crippen MR) is 85.9 cm³/mol.